The van der Waals surface area contributed by atoms with Gasteiger partial charge in [0.25, 0.3) is 0 Å². The van der Waals surface area contributed by atoms with Crippen LogP contribution in [0, 0.1) is 5.41 Å². The van der Waals surface area contributed by atoms with Crippen molar-refractivity contribution in [3.05, 3.63) is 0 Å². The van der Waals surface area contributed by atoms with E-state index in [9.17, 15) is 9.59 Å². The summed E-state index contributed by atoms with van der Waals surface area (Å²) in [7, 11) is 0. The molecule has 0 aromatic carbocycles. The molecule has 20 heavy (non-hydrogen) atoms. The van der Waals surface area contributed by atoms with Crippen molar-refractivity contribution < 1.29 is 14.7 Å². The molecule has 0 aromatic rings. The second-order valence-corrected chi connectivity index (χ2v) is 6.54. The van der Waals surface area contributed by atoms with Crippen molar-refractivity contribution in [3.63, 3.8) is 0 Å². The molecule has 1 saturated heterocycles. The van der Waals surface area contributed by atoms with E-state index in [2.05, 4.69) is 17.6 Å². The van der Waals surface area contributed by atoms with Gasteiger partial charge in [0.2, 0.25) is 5.91 Å². The largest absolute Gasteiger partial charge is 0.481 e. The van der Waals surface area contributed by atoms with Gasteiger partial charge in [0.1, 0.15) is 0 Å². The summed E-state index contributed by atoms with van der Waals surface area (Å²) in [5.41, 5.74) is -0.804. The molecule has 3 N–H and O–H groups in total. The van der Waals surface area contributed by atoms with E-state index in [-0.39, 0.29) is 17.7 Å². The minimum Gasteiger partial charge on any atom is -0.481 e. The normalized spacial score (nSPS) is 23.4. The Kier molecular flexibility index (Phi) is 5.99. The van der Waals surface area contributed by atoms with E-state index in [0.717, 1.165) is 38.8 Å². The van der Waals surface area contributed by atoms with Crippen LogP contribution in [0.3, 0.4) is 0 Å². The fourth-order valence-electron chi connectivity index (χ4n) is 2.89. The third-order valence-electron chi connectivity index (χ3n) is 4.10. The number of carbonyl (C=O) groups is 2. The van der Waals surface area contributed by atoms with Crippen molar-refractivity contribution >= 4 is 11.9 Å². The van der Waals surface area contributed by atoms with Crippen molar-refractivity contribution in [3.8, 4) is 0 Å². The van der Waals surface area contributed by atoms with Crippen LogP contribution in [-0.2, 0) is 9.59 Å². The summed E-state index contributed by atoms with van der Waals surface area (Å²) in [6.45, 7) is 7.58. The summed E-state index contributed by atoms with van der Waals surface area (Å²) in [6, 6.07) is 0. The van der Waals surface area contributed by atoms with E-state index >= 15 is 0 Å². The standard InChI is InChI=1S/C15H28N2O3/c1-4-7-15(8-5-10-16-11-15)13(20)17-14(2,3)9-6-12(18)19/h16H,4-11H2,1-3H3,(H,17,20)(H,18,19). The Balaban J connectivity index is 2.67. The van der Waals surface area contributed by atoms with Crippen molar-refractivity contribution in [2.45, 2.75) is 64.8 Å². The highest BCUT2D eigenvalue weighted by Gasteiger charge is 2.40. The maximum atomic E-state index is 12.7. The summed E-state index contributed by atoms with van der Waals surface area (Å²) in [5, 5.41) is 15.2. The highest BCUT2D eigenvalue weighted by atomic mass is 16.4. The monoisotopic (exact) mass is 284 g/mol. The van der Waals surface area contributed by atoms with Gasteiger partial charge in [0, 0.05) is 18.5 Å². The zero-order chi connectivity index (χ0) is 15.2. The van der Waals surface area contributed by atoms with Gasteiger partial charge in [0.05, 0.1) is 5.41 Å². The maximum Gasteiger partial charge on any atom is 0.303 e. The Bertz CT molecular complexity index is 342. The second-order valence-electron chi connectivity index (χ2n) is 6.54. The first-order valence-electron chi connectivity index (χ1n) is 7.56. The number of aliphatic carboxylic acids is 1. The van der Waals surface area contributed by atoms with Crippen molar-refractivity contribution in [1.29, 1.82) is 0 Å². The lowest BCUT2D eigenvalue weighted by molar-refractivity contribution is -0.139. The molecule has 5 nitrogen and oxygen atoms in total. The third kappa shape index (κ3) is 4.78. The molecule has 5 heteroatoms. The Labute approximate surface area is 121 Å². The Morgan fingerprint density at radius 1 is 1.40 bits per heavy atom. The number of rotatable bonds is 7. The van der Waals surface area contributed by atoms with E-state index in [1.54, 1.807) is 0 Å². The summed E-state index contributed by atoms with van der Waals surface area (Å²) in [4.78, 5) is 23.3. The highest BCUT2D eigenvalue weighted by Crippen LogP contribution is 2.32. The molecule has 0 aromatic heterocycles. The van der Waals surface area contributed by atoms with Crippen LogP contribution in [0.5, 0.6) is 0 Å². The molecule has 1 aliphatic heterocycles. The first-order chi connectivity index (χ1) is 9.31. The van der Waals surface area contributed by atoms with Gasteiger partial charge in [-0.15, -0.1) is 0 Å². The molecule has 1 unspecified atom stereocenters. The summed E-state index contributed by atoms with van der Waals surface area (Å²) in [5.74, 6) is -0.753. The van der Waals surface area contributed by atoms with Gasteiger partial charge in [-0.2, -0.15) is 0 Å². The summed E-state index contributed by atoms with van der Waals surface area (Å²) < 4.78 is 0. The third-order valence-corrected chi connectivity index (χ3v) is 4.10. The number of nitrogens with one attached hydrogen (secondary N) is 2. The Morgan fingerprint density at radius 2 is 2.10 bits per heavy atom. The summed E-state index contributed by atoms with van der Waals surface area (Å²) in [6.07, 6.45) is 4.30. The molecule has 0 spiro atoms. The van der Waals surface area contributed by atoms with E-state index in [1.165, 1.54) is 0 Å². The maximum absolute atomic E-state index is 12.7. The molecule has 0 radical (unpaired) electrons. The lowest BCUT2D eigenvalue weighted by atomic mass is 9.75. The van der Waals surface area contributed by atoms with Crippen LogP contribution in [0.15, 0.2) is 0 Å². The van der Waals surface area contributed by atoms with Gasteiger partial charge >= 0.3 is 5.97 Å². The fourth-order valence-corrected chi connectivity index (χ4v) is 2.89. The van der Waals surface area contributed by atoms with Crippen molar-refractivity contribution in [1.82, 2.24) is 10.6 Å². The van der Waals surface area contributed by atoms with Crippen LogP contribution in [0.2, 0.25) is 0 Å². The molecule has 0 aliphatic carbocycles. The van der Waals surface area contributed by atoms with Crippen LogP contribution < -0.4 is 10.6 Å². The van der Waals surface area contributed by atoms with Gasteiger partial charge in [-0.05, 0) is 46.1 Å². The first-order valence-corrected chi connectivity index (χ1v) is 7.56. The number of hydrogen-bond acceptors (Lipinski definition) is 3. The van der Waals surface area contributed by atoms with E-state index in [1.807, 2.05) is 13.8 Å². The van der Waals surface area contributed by atoms with Crippen LogP contribution in [-0.4, -0.2) is 35.6 Å². The molecule has 1 amide bonds. The zero-order valence-electron chi connectivity index (χ0n) is 12.9. The zero-order valence-corrected chi connectivity index (χ0v) is 12.9. The Hall–Kier alpha value is -1.10. The molecule has 0 saturated carbocycles. The lowest BCUT2D eigenvalue weighted by Crippen LogP contribution is -2.55. The van der Waals surface area contributed by atoms with Crippen LogP contribution >= 0.6 is 0 Å². The molecule has 1 fully saturated rings. The van der Waals surface area contributed by atoms with E-state index < -0.39 is 11.5 Å². The second kappa shape index (κ2) is 7.07. The fraction of sp³-hybridized carbons (Fsp3) is 0.867. The smallest absolute Gasteiger partial charge is 0.303 e. The van der Waals surface area contributed by atoms with Gasteiger partial charge in [-0.3, -0.25) is 9.59 Å². The van der Waals surface area contributed by atoms with E-state index in [4.69, 9.17) is 5.11 Å². The predicted molar refractivity (Wildman–Crippen MR) is 78.5 cm³/mol. The molecule has 1 aliphatic rings. The highest BCUT2D eigenvalue weighted by molar-refractivity contribution is 5.83. The van der Waals surface area contributed by atoms with E-state index in [0.29, 0.717) is 6.42 Å². The number of amides is 1. The number of carboxylic acid groups (broad SMARTS) is 1. The van der Waals surface area contributed by atoms with Crippen LogP contribution in [0.4, 0.5) is 0 Å². The molecule has 1 heterocycles. The molecular formula is C15H28N2O3. The molecule has 0 bridgehead atoms. The van der Waals surface area contributed by atoms with Gasteiger partial charge in [-0.1, -0.05) is 13.3 Å². The van der Waals surface area contributed by atoms with Crippen molar-refractivity contribution in [2.75, 3.05) is 13.1 Å². The Morgan fingerprint density at radius 3 is 2.60 bits per heavy atom. The molecular weight excluding hydrogens is 256 g/mol. The van der Waals surface area contributed by atoms with Gasteiger partial charge in [0.15, 0.2) is 0 Å². The average Bonchev–Trinajstić information content (AvgIpc) is 2.37. The number of hydrogen-bond donors (Lipinski definition) is 3. The predicted octanol–water partition coefficient (Wildman–Crippen LogP) is 1.92. The number of piperidine rings is 1. The molecule has 116 valence electrons. The summed E-state index contributed by atoms with van der Waals surface area (Å²) >= 11 is 0. The SMILES string of the molecule is CCCC1(C(=O)NC(C)(C)CCC(=O)O)CCCNC1. The van der Waals surface area contributed by atoms with Crippen LogP contribution in [0.1, 0.15) is 59.3 Å². The number of carboxylic acids is 1. The van der Waals surface area contributed by atoms with Gasteiger partial charge in [-0.25, -0.2) is 0 Å². The number of carbonyl (C=O) groups excluding carboxylic acids is 1. The first kappa shape index (κ1) is 17.0. The quantitative estimate of drug-likeness (QED) is 0.667. The topological polar surface area (TPSA) is 78.4 Å². The lowest BCUT2D eigenvalue weighted by Gasteiger charge is -2.39. The van der Waals surface area contributed by atoms with Crippen molar-refractivity contribution in [2.24, 2.45) is 5.41 Å². The molecule has 1 rings (SSSR count). The van der Waals surface area contributed by atoms with Gasteiger partial charge < -0.3 is 15.7 Å². The minimum atomic E-state index is -0.824. The molecule has 1 atom stereocenters. The average molecular weight is 284 g/mol. The minimum absolute atomic E-state index is 0.0712. The van der Waals surface area contributed by atoms with Crippen LogP contribution in [0.25, 0.3) is 0 Å².